The lowest BCUT2D eigenvalue weighted by Crippen LogP contribution is -2.34. The zero-order valence-corrected chi connectivity index (χ0v) is 12.5. The molecule has 0 bridgehead atoms. The molecule has 116 valence electrons. The first kappa shape index (κ1) is 14.6. The van der Waals surface area contributed by atoms with E-state index in [0.29, 0.717) is 17.0 Å². The summed E-state index contributed by atoms with van der Waals surface area (Å²) in [7, 11) is 0. The van der Waals surface area contributed by atoms with Crippen LogP contribution < -0.4 is 10.5 Å². The molecule has 0 spiro atoms. The number of nitrogens with two attached hydrogens (primary N) is 1. The molecule has 23 heavy (non-hydrogen) atoms. The van der Waals surface area contributed by atoms with Gasteiger partial charge in [0.25, 0.3) is 5.69 Å². The predicted octanol–water partition coefficient (Wildman–Crippen LogP) is 2.02. The highest BCUT2D eigenvalue weighted by molar-refractivity contribution is 5.60. The van der Waals surface area contributed by atoms with Gasteiger partial charge < -0.3 is 10.5 Å². The number of fused-ring (bicyclic) bond motifs is 1. The third kappa shape index (κ3) is 1.94. The van der Waals surface area contributed by atoms with Gasteiger partial charge in [-0.15, -0.1) is 5.10 Å². The minimum atomic E-state index is -0.904. The monoisotopic (exact) mass is 311 g/mol. The van der Waals surface area contributed by atoms with Gasteiger partial charge in [-0.2, -0.15) is 5.26 Å². The molecule has 1 aromatic heterocycles. The fraction of sp³-hybridized carbons (Fsp3) is 0.200. The van der Waals surface area contributed by atoms with E-state index in [4.69, 9.17) is 10.5 Å². The number of non-ortho nitro benzene ring substituents is 1. The number of H-pyrrole nitrogens is 1. The van der Waals surface area contributed by atoms with Gasteiger partial charge in [-0.3, -0.25) is 15.2 Å². The third-order valence-electron chi connectivity index (χ3n) is 4.13. The minimum Gasteiger partial charge on any atom is -0.420 e. The van der Waals surface area contributed by atoms with E-state index in [-0.39, 0.29) is 17.1 Å². The smallest absolute Gasteiger partial charge is 0.269 e. The SMILES string of the molecule is Cc1[nH]nc2c1C(C)(c1ccc([N+](=O)[O-])cc1)C(C#N)=C(N)O2. The second-order valence-corrected chi connectivity index (χ2v) is 5.41. The van der Waals surface area contributed by atoms with Crippen LogP contribution in [0.4, 0.5) is 5.69 Å². The molecule has 0 radical (unpaired) electrons. The molecule has 1 unspecified atom stereocenters. The van der Waals surface area contributed by atoms with E-state index in [1.807, 2.05) is 13.8 Å². The summed E-state index contributed by atoms with van der Waals surface area (Å²) in [4.78, 5) is 10.4. The molecule has 1 aromatic carbocycles. The van der Waals surface area contributed by atoms with Crippen molar-refractivity contribution in [3.05, 3.63) is 62.7 Å². The Labute approximate surface area is 131 Å². The highest BCUT2D eigenvalue weighted by Crippen LogP contribution is 2.47. The van der Waals surface area contributed by atoms with Crippen LogP contribution in [0.15, 0.2) is 35.7 Å². The van der Waals surface area contributed by atoms with E-state index in [9.17, 15) is 15.4 Å². The number of hydrogen-bond donors (Lipinski definition) is 2. The van der Waals surface area contributed by atoms with Gasteiger partial charge in [-0.1, -0.05) is 12.1 Å². The molecule has 2 heterocycles. The van der Waals surface area contributed by atoms with Crippen LogP contribution in [0.3, 0.4) is 0 Å². The summed E-state index contributed by atoms with van der Waals surface area (Å²) in [5, 5.41) is 27.3. The highest BCUT2D eigenvalue weighted by Gasteiger charge is 2.44. The van der Waals surface area contributed by atoms with Gasteiger partial charge in [0.1, 0.15) is 11.6 Å². The Kier molecular flexibility index (Phi) is 3.07. The standard InChI is InChI=1S/C15H13N5O3/c1-8-12-14(19-18-8)23-13(17)11(7-16)15(12,2)9-3-5-10(6-4-9)20(21)22/h3-6H,17H2,1-2H3,(H,18,19). The molecule has 1 aliphatic rings. The molecule has 1 aliphatic heterocycles. The maximum atomic E-state index is 10.8. The summed E-state index contributed by atoms with van der Waals surface area (Å²) in [6, 6.07) is 8.12. The maximum Gasteiger partial charge on any atom is 0.269 e. The summed E-state index contributed by atoms with van der Waals surface area (Å²) in [5.74, 6) is 0.284. The van der Waals surface area contributed by atoms with Crippen molar-refractivity contribution >= 4 is 5.69 Å². The van der Waals surface area contributed by atoms with Crippen LogP contribution >= 0.6 is 0 Å². The van der Waals surface area contributed by atoms with Crippen molar-refractivity contribution in [3.63, 3.8) is 0 Å². The lowest BCUT2D eigenvalue weighted by molar-refractivity contribution is -0.384. The molecule has 8 heteroatoms. The number of ether oxygens (including phenoxy) is 1. The van der Waals surface area contributed by atoms with E-state index in [0.717, 1.165) is 5.69 Å². The zero-order valence-electron chi connectivity index (χ0n) is 12.5. The Morgan fingerprint density at radius 1 is 1.43 bits per heavy atom. The predicted molar refractivity (Wildman–Crippen MR) is 80.3 cm³/mol. The zero-order chi connectivity index (χ0) is 16.8. The molecule has 0 saturated carbocycles. The van der Waals surface area contributed by atoms with Gasteiger partial charge in [0.15, 0.2) is 0 Å². The first-order valence-corrected chi connectivity index (χ1v) is 6.78. The van der Waals surface area contributed by atoms with E-state index < -0.39 is 10.3 Å². The van der Waals surface area contributed by atoms with Crippen LogP contribution in [0.25, 0.3) is 0 Å². The summed E-state index contributed by atoms with van der Waals surface area (Å²) >= 11 is 0. The van der Waals surface area contributed by atoms with Crippen LogP contribution in [0, 0.1) is 28.4 Å². The van der Waals surface area contributed by atoms with Gasteiger partial charge in [-0.05, 0) is 19.4 Å². The van der Waals surface area contributed by atoms with E-state index >= 15 is 0 Å². The largest absolute Gasteiger partial charge is 0.420 e. The van der Waals surface area contributed by atoms with Gasteiger partial charge in [0.2, 0.25) is 11.8 Å². The number of nitrogens with zero attached hydrogens (tertiary/aromatic N) is 3. The molecule has 0 fully saturated rings. The van der Waals surface area contributed by atoms with Crippen molar-refractivity contribution < 1.29 is 9.66 Å². The third-order valence-corrected chi connectivity index (χ3v) is 4.13. The second kappa shape index (κ2) is 4.84. The molecule has 3 N–H and O–H groups in total. The molecule has 1 atom stereocenters. The lowest BCUT2D eigenvalue weighted by atomic mass is 9.70. The Balaban J connectivity index is 2.27. The Morgan fingerprint density at radius 3 is 2.65 bits per heavy atom. The number of nitrogens with one attached hydrogen (secondary N) is 1. The van der Waals surface area contributed by atoms with E-state index in [2.05, 4.69) is 16.3 Å². The number of aromatic amines is 1. The Bertz CT molecular complexity index is 876. The molecule has 0 aliphatic carbocycles. The van der Waals surface area contributed by atoms with E-state index in [1.54, 1.807) is 12.1 Å². The number of nitriles is 1. The van der Waals surface area contributed by atoms with Gasteiger partial charge in [-0.25, -0.2) is 0 Å². The van der Waals surface area contributed by atoms with Crippen LogP contribution in [0.1, 0.15) is 23.7 Å². The quantitative estimate of drug-likeness (QED) is 0.644. The first-order chi connectivity index (χ1) is 10.9. The number of aryl methyl sites for hydroxylation is 1. The summed E-state index contributed by atoms with van der Waals surface area (Å²) < 4.78 is 5.42. The molecular weight excluding hydrogens is 298 g/mol. The van der Waals surface area contributed by atoms with Gasteiger partial charge in [0, 0.05) is 17.8 Å². The van der Waals surface area contributed by atoms with Crippen molar-refractivity contribution in [2.75, 3.05) is 0 Å². The van der Waals surface area contributed by atoms with Crippen LogP contribution in [0.2, 0.25) is 0 Å². The Hall–Kier alpha value is -3.34. The summed E-state index contributed by atoms with van der Waals surface area (Å²) in [6.07, 6.45) is 0. The number of rotatable bonds is 2. The number of hydrogen-bond acceptors (Lipinski definition) is 6. The number of allylic oxidation sites excluding steroid dienone is 1. The molecule has 0 saturated heterocycles. The molecule has 8 nitrogen and oxygen atoms in total. The van der Waals surface area contributed by atoms with Crippen LogP contribution in [0.5, 0.6) is 5.88 Å². The number of aromatic nitrogens is 2. The minimum absolute atomic E-state index is 0.0210. The fourth-order valence-corrected chi connectivity index (χ4v) is 2.97. The number of nitro groups is 1. The molecule has 3 rings (SSSR count). The maximum absolute atomic E-state index is 10.8. The van der Waals surface area contributed by atoms with Crippen LogP contribution in [-0.2, 0) is 5.41 Å². The lowest BCUT2D eigenvalue weighted by Gasteiger charge is -2.33. The van der Waals surface area contributed by atoms with Crippen molar-refractivity contribution in [2.45, 2.75) is 19.3 Å². The number of nitro benzene ring substituents is 1. The molecule has 2 aromatic rings. The topological polar surface area (TPSA) is 131 Å². The number of benzene rings is 1. The second-order valence-electron chi connectivity index (χ2n) is 5.41. The molecule has 0 amide bonds. The average molecular weight is 311 g/mol. The van der Waals surface area contributed by atoms with Crippen LogP contribution in [-0.4, -0.2) is 15.1 Å². The van der Waals surface area contributed by atoms with Crippen molar-refractivity contribution in [3.8, 4) is 11.9 Å². The Morgan fingerprint density at radius 2 is 2.09 bits per heavy atom. The molecular formula is C15H13N5O3. The summed E-state index contributed by atoms with van der Waals surface area (Å²) in [5.41, 5.74) is 7.31. The highest BCUT2D eigenvalue weighted by atomic mass is 16.6. The van der Waals surface area contributed by atoms with E-state index in [1.165, 1.54) is 12.1 Å². The van der Waals surface area contributed by atoms with Crippen molar-refractivity contribution in [1.82, 2.24) is 10.2 Å². The average Bonchev–Trinajstić information content (AvgIpc) is 2.89. The van der Waals surface area contributed by atoms with Crippen molar-refractivity contribution in [1.29, 1.82) is 5.26 Å². The van der Waals surface area contributed by atoms with Gasteiger partial charge >= 0.3 is 0 Å². The summed E-state index contributed by atoms with van der Waals surface area (Å²) in [6.45, 7) is 3.64. The normalized spacial score (nSPS) is 19.7. The van der Waals surface area contributed by atoms with Crippen molar-refractivity contribution in [2.24, 2.45) is 5.73 Å². The first-order valence-electron chi connectivity index (χ1n) is 6.78. The fourth-order valence-electron chi connectivity index (χ4n) is 2.97. The van der Waals surface area contributed by atoms with Gasteiger partial charge in [0.05, 0.1) is 15.9 Å².